The van der Waals surface area contributed by atoms with Crippen molar-refractivity contribution in [3.05, 3.63) is 0 Å². The molecule has 13 heavy (non-hydrogen) atoms. The van der Waals surface area contributed by atoms with Crippen molar-refractivity contribution >= 4 is 0 Å². The third kappa shape index (κ3) is 2.42. The standard InChI is InChI=1S/C10H21N3/c1-2-12-7-10(8-12)9-13-5-3-11-4-6-13/h10-11H,2-9H2,1H3. The molecule has 1 N–H and O–H groups in total. The highest BCUT2D eigenvalue weighted by Gasteiger charge is 2.27. The molecule has 0 aliphatic carbocycles. The summed E-state index contributed by atoms with van der Waals surface area (Å²) in [6.07, 6.45) is 0. The van der Waals surface area contributed by atoms with Gasteiger partial charge in [0, 0.05) is 45.8 Å². The van der Waals surface area contributed by atoms with E-state index in [0.29, 0.717) is 0 Å². The van der Waals surface area contributed by atoms with E-state index in [0.717, 1.165) is 5.92 Å². The molecule has 0 atom stereocenters. The first-order chi connectivity index (χ1) is 6.38. The molecule has 3 heteroatoms. The topological polar surface area (TPSA) is 18.5 Å². The van der Waals surface area contributed by atoms with Gasteiger partial charge in [-0.25, -0.2) is 0 Å². The van der Waals surface area contributed by atoms with Crippen molar-refractivity contribution in [2.24, 2.45) is 5.92 Å². The molecule has 76 valence electrons. The Hall–Kier alpha value is -0.120. The van der Waals surface area contributed by atoms with Gasteiger partial charge in [0.05, 0.1) is 0 Å². The van der Waals surface area contributed by atoms with Crippen LogP contribution in [0.3, 0.4) is 0 Å². The van der Waals surface area contributed by atoms with Crippen LogP contribution in [0, 0.1) is 5.92 Å². The second-order valence-corrected chi connectivity index (χ2v) is 4.27. The van der Waals surface area contributed by atoms with Crippen molar-refractivity contribution in [1.82, 2.24) is 15.1 Å². The Balaban J connectivity index is 1.62. The van der Waals surface area contributed by atoms with Crippen LogP contribution in [-0.2, 0) is 0 Å². The monoisotopic (exact) mass is 183 g/mol. The number of nitrogens with zero attached hydrogens (tertiary/aromatic N) is 2. The van der Waals surface area contributed by atoms with Crippen LogP contribution in [0.1, 0.15) is 6.92 Å². The zero-order chi connectivity index (χ0) is 9.10. The Kier molecular flexibility index (Phi) is 3.19. The highest BCUT2D eigenvalue weighted by atomic mass is 15.2. The van der Waals surface area contributed by atoms with Crippen LogP contribution in [0.4, 0.5) is 0 Å². The number of nitrogens with one attached hydrogen (secondary N) is 1. The van der Waals surface area contributed by atoms with Gasteiger partial charge in [0.1, 0.15) is 0 Å². The third-order valence-corrected chi connectivity index (χ3v) is 3.21. The summed E-state index contributed by atoms with van der Waals surface area (Å²) in [5.74, 6) is 0.957. The molecule has 2 aliphatic rings. The molecule has 2 saturated heterocycles. The summed E-state index contributed by atoms with van der Waals surface area (Å²) < 4.78 is 0. The first kappa shape index (κ1) is 9.44. The second-order valence-electron chi connectivity index (χ2n) is 4.27. The van der Waals surface area contributed by atoms with Crippen LogP contribution in [0.25, 0.3) is 0 Å². The fourth-order valence-electron chi connectivity index (χ4n) is 2.31. The Morgan fingerprint density at radius 1 is 1.15 bits per heavy atom. The molecule has 3 nitrogen and oxygen atoms in total. The SMILES string of the molecule is CCN1CC(CN2CCNCC2)C1. The van der Waals surface area contributed by atoms with Crippen molar-refractivity contribution in [2.75, 3.05) is 52.4 Å². The Bertz CT molecular complexity index is 148. The number of hydrogen-bond donors (Lipinski definition) is 1. The Morgan fingerprint density at radius 2 is 1.85 bits per heavy atom. The van der Waals surface area contributed by atoms with E-state index < -0.39 is 0 Å². The minimum Gasteiger partial charge on any atom is -0.314 e. The van der Waals surface area contributed by atoms with Gasteiger partial charge in [-0.3, -0.25) is 0 Å². The predicted octanol–water partition coefficient (Wildman–Crippen LogP) is -0.157. The second kappa shape index (κ2) is 4.40. The van der Waals surface area contributed by atoms with Gasteiger partial charge in [-0.05, 0) is 12.5 Å². The largest absolute Gasteiger partial charge is 0.314 e. The molecule has 0 radical (unpaired) electrons. The van der Waals surface area contributed by atoms with E-state index in [1.165, 1.54) is 52.4 Å². The summed E-state index contributed by atoms with van der Waals surface area (Å²) in [6, 6.07) is 0. The van der Waals surface area contributed by atoms with E-state index in [-0.39, 0.29) is 0 Å². The molecule has 0 aromatic carbocycles. The molecule has 2 fully saturated rings. The van der Waals surface area contributed by atoms with E-state index in [4.69, 9.17) is 0 Å². The van der Waals surface area contributed by atoms with Crippen molar-refractivity contribution in [3.8, 4) is 0 Å². The van der Waals surface area contributed by atoms with Crippen LogP contribution in [0.5, 0.6) is 0 Å². The summed E-state index contributed by atoms with van der Waals surface area (Å²) in [4.78, 5) is 5.13. The maximum Gasteiger partial charge on any atom is 0.0108 e. The summed E-state index contributed by atoms with van der Waals surface area (Å²) in [7, 11) is 0. The Morgan fingerprint density at radius 3 is 2.46 bits per heavy atom. The summed E-state index contributed by atoms with van der Waals surface area (Å²) in [6.45, 7) is 12.4. The highest BCUT2D eigenvalue weighted by molar-refractivity contribution is 4.82. The lowest BCUT2D eigenvalue weighted by Gasteiger charge is -2.42. The summed E-state index contributed by atoms with van der Waals surface area (Å²) in [5, 5.41) is 3.39. The summed E-state index contributed by atoms with van der Waals surface area (Å²) >= 11 is 0. The molecular formula is C10H21N3. The number of rotatable bonds is 3. The van der Waals surface area contributed by atoms with Gasteiger partial charge in [0.2, 0.25) is 0 Å². The lowest BCUT2D eigenvalue weighted by Crippen LogP contribution is -2.53. The van der Waals surface area contributed by atoms with Crippen LogP contribution in [-0.4, -0.2) is 62.2 Å². The average molecular weight is 183 g/mol. The van der Waals surface area contributed by atoms with Crippen molar-refractivity contribution in [1.29, 1.82) is 0 Å². The lowest BCUT2D eigenvalue weighted by molar-refractivity contribution is 0.0682. The molecule has 0 aromatic rings. The van der Waals surface area contributed by atoms with Crippen LogP contribution in [0.15, 0.2) is 0 Å². The molecule has 0 bridgehead atoms. The van der Waals surface area contributed by atoms with E-state index in [1.54, 1.807) is 0 Å². The Labute approximate surface area is 81.1 Å². The van der Waals surface area contributed by atoms with Gasteiger partial charge in [0.25, 0.3) is 0 Å². The van der Waals surface area contributed by atoms with Crippen LogP contribution in [0.2, 0.25) is 0 Å². The van der Waals surface area contributed by atoms with Gasteiger partial charge in [0.15, 0.2) is 0 Å². The minimum absolute atomic E-state index is 0.957. The first-order valence-corrected chi connectivity index (χ1v) is 5.54. The predicted molar refractivity (Wildman–Crippen MR) is 54.9 cm³/mol. The van der Waals surface area contributed by atoms with Crippen molar-refractivity contribution in [2.45, 2.75) is 6.92 Å². The van der Waals surface area contributed by atoms with Gasteiger partial charge < -0.3 is 15.1 Å². The van der Waals surface area contributed by atoms with Gasteiger partial charge >= 0.3 is 0 Å². The molecule has 2 heterocycles. The van der Waals surface area contributed by atoms with E-state index in [1.807, 2.05) is 0 Å². The fraction of sp³-hybridized carbons (Fsp3) is 1.00. The molecule has 2 rings (SSSR count). The van der Waals surface area contributed by atoms with Crippen LogP contribution < -0.4 is 5.32 Å². The normalized spacial score (nSPS) is 27.5. The summed E-state index contributed by atoms with van der Waals surface area (Å²) in [5.41, 5.74) is 0. The quantitative estimate of drug-likeness (QED) is 0.656. The molecule has 0 unspecified atom stereocenters. The van der Waals surface area contributed by atoms with Gasteiger partial charge in [-0.15, -0.1) is 0 Å². The van der Waals surface area contributed by atoms with E-state index in [2.05, 4.69) is 22.0 Å². The van der Waals surface area contributed by atoms with Crippen molar-refractivity contribution in [3.63, 3.8) is 0 Å². The highest BCUT2D eigenvalue weighted by Crippen LogP contribution is 2.15. The minimum atomic E-state index is 0.957. The third-order valence-electron chi connectivity index (χ3n) is 3.21. The number of hydrogen-bond acceptors (Lipinski definition) is 3. The lowest BCUT2D eigenvalue weighted by atomic mass is 9.99. The molecule has 2 aliphatic heterocycles. The number of piperazine rings is 1. The zero-order valence-electron chi connectivity index (χ0n) is 8.63. The molecule has 0 aromatic heterocycles. The average Bonchev–Trinajstić information content (AvgIpc) is 2.12. The molecule has 0 amide bonds. The molecule has 0 saturated carbocycles. The maximum absolute atomic E-state index is 3.39. The zero-order valence-corrected chi connectivity index (χ0v) is 8.63. The number of likely N-dealkylation sites (tertiary alicyclic amines) is 1. The van der Waals surface area contributed by atoms with Crippen molar-refractivity contribution < 1.29 is 0 Å². The fourth-order valence-corrected chi connectivity index (χ4v) is 2.31. The van der Waals surface area contributed by atoms with E-state index >= 15 is 0 Å². The molecular weight excluding hydrogens is 162 g/mol. The maximum atomic E-state index is 3.39. The van der Waals surface area contributed by atoms with Gasteiger partial charge in [-0.2, -0.15) is 0 Å². The van der Waals surface area contributed by atoms with E-state index in [9.17, 15) is 0 Å². The van der Waals surface area contributed by atoms with Crippen LogP contribution >= 0.6 is 0 Å². The van der Waals surface area contributed by atoms with Gasteiger partial charge in [-0.1, -0.05) is 6.92 Å². The molecule has 0 spiro atoms. The first-order valence-electron chi connectivity index (χ1n) is 5.54. The smallest absolute Gasteiger partial charge is 0.0108 e.